The summed E-state index contributed by atoms with van der Waals surface area (Å²) < 4.78 is 5.12. The van der Waals surface area contributed by atoms with Crippen LogP contribution in [0.3, 0.4) is 0 Å². The van der Waals surface area contributed by atoms with Crippen LogP contribution in [0, 0.1) is 0 Å². The third kappa shape index (κ3) is 4.16. The Labute approximate surface area is 128 Å². The van der Waals surface area contributed by atoms with Crippen molar-refractivity contribution >= 4 is 23.5 Å². The molecule has 5 nitrogen and oxygen atoms in total. The summed E-state index contributed by atoms with van der Waals surface area (Å²) in [6.45, 7) is 6.01. The number of amides is 1. The average molecular weight is 306 g/mol. The molecule has 2 aromatic rings. The van der Waals surface area contributed by atoms with Gasteiger partial charge in [0.05, 0.1) is 0 Å². The van der Waals surface area contributed by atoms with Gasteiger partial charge in [-0.15, -0.1) is 10.2 Å². The third-order valence-corrected chi connectivity index (χ3v) is 3.02. The lowest BCUT2D eigenvalue weighted by Gasteiger charge is -2.20. The molecule has 0 unspecified atom stereocenters. The molecule has 1 heterocycles. The van der Waals surface area contributed by atoms with Gasteiger partial charge in [-0.2, -0.15) is 0 Å². The largest absolute Gasteiger partial charge is 0.418 e. The lowest BCUT2D eigenvalue weighted by atomic mass is 9.88. The molecule has 1 aromatic heterocycles. The highest BCUT2D eigenvalue weighted by atomic mass is 35.5. The molecule has 0 aliphatic rings. The van der Waals surface area contributed by atoms with E-state index >= 15 is 0 Å². The lowest BCUT2D eigenvalue weighted by molar-refractivity contribution is 0.215. The van der Waals surface area contributed by atoms with Gasteiger partial charge in [0, 0.05) is 5.56 Å². The summed E-state index contributed by atoms with van der Waals surface area (Å²) in [5.74, 6) is 0.748. The van der Waals surface area contributed by atoms with Gasteiger partial charge >= 0.3 is 6.09 Å². The Balaban J connectivity index is 2.11. The van der Waals surface area contributed by atoms with E-state index in [1.54, 1.807) is 30.3 Å². The predicted molar refractivity (Wildman–Crippen MR) is 81.8 cm³/mol. The first-order chi connectivity index (χ1) is 9.86. The quantitative estimate of drug-likeness (QED) is 0.909. The van der Waals surface area contributed by atoms with E-state index in [0.29, 0.717) is 16.7 Å². The summed E-state index contributed by atoms with van der Waals surface area (Å²) in [5, 5.41) is 10.6. The fourth-order valence-electron chi connectivity index (χ4n) is 1.69. The fraction of sp³-hybridized carbons (Fsp3) is 0.267. The smallest absolute Gasteiger partial charge is 0.410 e. The van der Waals surface area contributed by atoms with Crippen LogP contribution < -0.4 is 10.1 Å². The number of hydrogen-bond donors (Lipinski definition) is 1. The lowest BCUT2D eigenvalue weighted by Crippen LogP contribution is -2.20. The van der Waals surface area contributed by atoms with Gasteiger partial charge < -0.3 is 4.74 Å². The molecule has 0 aliphatic heterocycles. The number of para-hydroxylation sites is 1. The summed E-state index contributed by atoms with van der Waals surface area (Å²) in [6, 6.07) is 10.5. The van der Waals surface area contributed by atoms with Crippen LogP contribution in [0.1, 0.15) is 26.3 Å². The third-order valence-electron chi connectivity index (χ3n) is 2.74. The number of nitrogens with one attached hydrogen (secondary N) is 1. The zero-order chi connectivity index (χ0) is 15.5. The minimum absolute atomic E-state index is 0.202. The van der Waals surface area contributed by atoms with Crippen LogP contribution >= 0.6 is 11.6 Å². The number of carbonyl (C=O) groups excluding carboxylic acids is 1. The highest BCUT2D eigenvalue weighted by Crippen LogP contribution is 2.28. The Bertz CT molecular complexity index is 639. The van der Waals surface area contributed by atoms with Crippen molar-refractivity contribution in [2.45, 2.75) is 26.2 Å². The first-order valence-electron chi connectivity index (χ1n) is 6.44. The molecule has 1 aromatic carbocycles. The van der Waals surface area contributed by atoms with E-state index in [9.17, 15) is 4.79 Å². The number of carbonyl (C=O) groups is 1. The number of anilines is 1. The van der Waals surface area contributed by atoms with Gasteiger partial charge in [0.15, 0.2) is 11.0 Å². The zero-order valence-electron chi connectivity index (χ0n) is 12.1. The minimum Gasteiger partial charge on any atom is -0.410 e. The molecule has 0 spiro atoms. The number of rotatable bonds is 2. The van der Waals surface area contributed by atoms with Crippen LogP contribution in [0.5, 0.6) is 5.75 Å². The van der Waals surface area contributed by atoms with Gasteiger partial charge in [-0.1, -0.05) is 50.6 Å². The van der Waals surface area contributed by atoms with Crippen molar-refractivity contribution in [2.75, 3.05) is 5.32 Å². The summed E-state index contributed by atoms with van der Waals surface area (Å²) >= 11 is 6.03. The van der Waals surface area contributed by atoms with Crippen LogP contribution in [0.25, 0.3) is 0 Å². The van der Waals surface area contributed by atoms with Crippen LogP contribution in [-0.4, -0.2) is 16.3 Å². The number of benzene rings is 1. The molecule has 21 heavy (non-hydrogen) atoms. The van der Waals surface area contributed by atoms with Gasteiger partial charge in [0.1, 0.15) is 5.75 Å². The molecule has 1 amide bonds. The number of halogens is 1. The molecule has 2 rings (SSSR count). The number of hydrogen-bond acceptors (Lipinski definition) is 4. The minimum atomic E-state index is -0.627. The summed E-state index contributed by atoms with van der Waals surface area (Å²) in [5.41, 5.74) is 0.599. The van der Waals surface area contributed by atoms with E-state index in [-0.39, 0.29) is 5.41 Å². The van der Waals surface area contributed by atoms with E-state index in [0.717, 1.165) is 5.56 Å². The van der Waals surface area contributed by atoms with Crippen LogP contribution in [0.15, 0.2) is 36.4 Å². The maximum absolute atomic E-state index is 11.8. The molecule has 110 valence electrons. The van der Waals surface area contributed by atoms with E-state index in [2.05, 4.69) is 15.5 Å². The summed E-state index contributed by atoms with van der Waals surface area (Å²) in [6.07, 6.45) is -0.627. The van der Waals surface area contributed by atoms with E-state index < -0.39 is 6.09 Å². The second-order valence-electron chi connectivity index (χ2n) is 5.51. The molecule has 0 radical (unpaired) electrons. The molecule has 0 atom stereocenters. The Kier molecular flexibility index (Phi) is 4.43. The molecule has 0 saturated carbocycles. The maximum Gasteiger partial charge on any atom is 0.418 e. The number of nitrogens with zero attached hydrogens (tertiary/aromatic N) is 2. The van der Waals surface area contributed by atoms with Gasteiger partial charge in [-0.3, -0.25) is 5.32 Å². The second-order valence-corrected chi connectivity index (χ2v) is 5.87. The Morgan fingerprint density at radius 1 is 1.19 bits per heavy atom. The summed E-state index contributed by atoms with van der Waals surface area (Å²) in [7, 11) is 0. The standard InChI is InChI=1S/C15H16ClN3O2/c1-15(2,3)11-9-12(18-19-13(11)16)17-14(20)21-10-7-5-4-6-8-10/h4-9H,1-3H3,(H,17,18,20). The molecule has 6 heteroatoms. The average Bonchev–Trinajstić information content (AvgIpc) is 2.41. The van der Waals surface area contributed by atoms with Crippen molar-refractivity contribution in [1.29, 1.82) is 0 Å². The maximum atomic E-state index is 11.8. The number of aromatic nitrogens is 2. The molecule has 0 bridgehead atoms. The van der Waals surface area contributed by atoms with E-state index in [1.165, 1.54) is 0 Å². The normalized spacial score (nSPS) is 11.0. The topological polar surface area (TPSA) is 64.1 Å². The molecule has 0 saturated heterocycles. The first-order valence-corrected chi connectivity index (χ1v) is 6.81. The van der Waals surface area contributed by atoms with Crippen molar-refractivity contribution < 1.29 is 9.53 Å². The second kappa shape index (κ2) is 6.10. The van der Waals surface area contributed by atoms with Gasteiger partial charge in [0.25, 0.3) is 0 Å². The van der Waals surface area contributed by atoms with Crippen LogP contribution in [0.2, 0.25) is 5.15 Å². The van der Waals surface area contributed by atoms with Crippen molar-refractivity contribution in [3.63, 3.8) is 0 Å². The summed E-state index contributed by atoms with van der Waals surface area (Å²) in [4.78, 5) is 11.8. The molecule has 0 fully saturated rings. The van der Waals surface area contributed by atoms with Crippen LogP contribution in [0.4, 0.5) is 10.6 Å². The van der Waals surface area contributed by atoms with Gasteiger partial charge in [0.2, 0.25) is 0 Å². The van der Waals surface area contributed by atoms with E-state index in [1.807, 2.05) is 26.8 Å². The van der Waals surface area contributed by atoms with Crippen molar-refractivity contribution in [3.05, 3.63) is 47.1 Å². The Hall–Kier alpha value is -2.14. The monoisotopic (exact) mass is 305 g/mol. The van der Waals surface area contributed by atoms with Crippen molar-refractivity contribution in [3.8, 4) is 5.75 Å². The fourth-order valence-corrected chi connectivity index (χ4v) is 2.07. The molecule has 0 aliphatic carbocycles. The zero-order valence-corrected chi connectivity index (χ0v) is 12.8. The predicted octanol–water partition coefficient (Wildman–Crippen LogP) is 4.04. The van der Waals surface area contributed by atoms with Gasteiger partial charge in [-0.25, -0.2) is 4.79 Å². The SMILES string of the molecule is CC(C)(C)c1cc(NC(=O)Oc2ccccc2)nnc1Cl. The first kappa shape index (κ1) is 15.3. The van der Waals surface area contributed by atoms with Crippen molar-refractivity contribution in [1.82, 2.24) is 10.2 Å². The highest BCUT2D eigenvalue weighted by Gasteiger charge is 2.20. The van der Waals surface area contributed by atoms with Crippen molar-refractivity contribution in [2.24, 2.45) is 0 Å². The number of ether oxygens (including phenoxy) is 1. The Morgan fingerprint density at radius 3 is 2.48 bits per heavy atom. The Morgan fingerprint density at radius 2 is 1.86 bits per heavy atom. The highest BCUT2D eigenvalue weighted by molar-refractivity contribution is 6.30. The molecule has 1 N–H and O–H groups in total. The molecular formula is C15H16ClN3O2. The van der Waals surface area contributed by atoms with E-state index in [4.69, 9.17) is 16.3 Å². The van der Waals surface area contributed by atoms with Crippen LogP contribution in [-0.2, 0) is 5.41 Å². The van der Waals surface area contributed by atoms with Gasteiger partial charge in [-0.05, 0) is 23.6 Å². The molecular weight excluding hydrogens is 290 g/mol.